The molecule has 1 aromatic rings. The third-order valence-electron chi connectivity index (χ3n) is 3.07. The SMILES string of the molecule is CCN(C(=O)CNc1c(Cl)cc(F)cc1Cl)C1CC1. The smallest absolute Gasteiger partial charge is 0.242 e. The number of anilines is 1. The van der Waals surface area contributed by atoms with Crippen LogP contribution in [-0.4, -0.2) is 29.9 Å². The van der Waals surface area contributed by atoms with Crippen LogP contribution in [0.4, 0.5) is 10.1 Å². The molecule has 0 heterocycles. The van der Waals surface area contributed by atoms with Crippen molar-refractivity contribution in [1.82, 2.24) is 4.90 Å². The van der Waals surface area contributed by atoms with Crippen LogP contribution in [0.25, 0.3) is 0 Å². The average molecular weight is 305 g/mol. The fraction of sp³-hybridized carbons (Fsp3) is 0.462. The quantitative estimate of drug-likeness (QED) is 0.902. The molecule has 2 rings (SSSR count). The lowest BCUT2D eigenvalue weighted by atomic mass is 10.3. The van der Waals surface area contributed by atoms with E-state index in [-0.39, 0.29) is 22.5 Å². The van der Waals surface area contributed by atoms with E-state index in [0.717, 1.165) is 12.8 Å². The molecule has 6 heteroatoms. The van der Waals surface area contributed by atoms with Gasteiger partial charge in [0.05, 0.1) is 22.3 Å². The van der Waals surface area contributed by atoms with Crippen molar-refractivity contribution in [2.75, 3.05) is 18.4 Å². The Kier molecular flexibility index (Phi) is 4.53. The van der Waals surface area contributed by atoms with Crippen molar-refractivity contribution in [2.24, 2.45) is 0 Å². The molecule has 1 amide bonds. The summed E-state index contributed by atoms with van der Waals surface area (Å²) < 4.78 is 13.0. The van der Waals surface area contributed by atoms with Gasteiger partial charge in [0.1, 0.15) is 5.82 Å². The zero-order valence-electron chi connectivity index (χ0n) is 10.5. The van der Waals surface area contributed by atoms with Crippen LogP contribution in [0.3, 0.4) is 0 Å². The molecule has 0 aromatic heterocycles. The Morgan fingerprint density at radius 1 is 1.42 bits per heavy atom. The van der Waals surface area contributed by atoms with Gasteiger partial charge in [-0.1, -0.05) is 23.2 Å². The third-order valence-corrected chi connectivity index (χ3v) is 3.67. The summed E-state index contributed by atoms with van der Waals surface area (Å²) in [5.74, 6) is -0.499. The molecule has 104 valence electrons. The van der Waals surface area contributed by atoms with E-state index in [9.17, 15) is 9.18 Å². The van der Waals surface area contributed by atoms with Crippen LogP contribution in [0.5, 0.6) is 0 Å². The summed E-state index contributed by atoms with van der Waals surface area (Å²) >= 11 is 11.8. The molecular formula is C13H15Cl2FN2O. The van der Waals surface area contributed by atoms with Gasteiger partial charge >= 0.3 is 0 Å². The Morgan fingerprint density at radius 3 is 2.47 bits per heavy atom. The normalized spacial score (nSPS) is 14.3. The van der Waals surface area contributed by atoms with Crippen LogP contribution in [-0.2, 0) is 4.79 Å². The van der Waals surface area contributed by atoms with Gasteiger partial charge in [-0.2, -0.15) is 0 Å². The Morgan fingerprint density at radius 2 is 2.00 bits per heavy atom. The lowest BCUT2D eigenvalue weighted by Gasteiger charge is -2.21. The lowest BCUT2D eigenvalue weighted by molar-refractivity contribution is -0.129. The molecule has 0 saturated heterocycles. The number of amides is 1. The number of likely N-dealkylation sites (N-methyl/N-ethyl adjacent to an activating group) is 1. The zero-order valence-corrected chi connectivity index (χ0v) is 12.1. The zero-order chi connectivity index (χ0) is 14.0. The second-order valence-corrected chi connectivity index (χ2v) is 5.32. The number of hydrogen-bond acceptors (Lipinski definition) is 2. The summed E-state index contributed by atoms with van der Waals surface area (Å²) in [6.07, 6.45) is 2.13. The van der Waals surface area contributed by atoms with Crippen LogP contribution < -0.4 is 5.32 Å². The highest BCUT2D eigenvalue weighted by atomic mass is 35.5. The maximum atomic E-state index is 13.0. The summed E-state index contributed by atoms with van der Waals surface area (Å²) in [5.41, 5.74) is 0.393. The maximum absolute atomic E-state index is 13.0. The van der Waals surface area contributed by atoms with Crippen LogP contribution in [0.1, 0.15) is 19.8 Å². The molecule has 1 aliphatic carbocycles. The summed E-state index contributed by atoms with van der Waals surface area (Å²) in [5, 5.41) is 3.23. The van der Waals surface area contributed by atoms with Crippen LogP contribution in [0, 0.1) is 5.82 Å². The van der Waals surface area contributed by atoms with Gasteiger partial charge in [-0.15, -0.1) is 0 Å². The Hall–Kier alpha value is -1.00. The molecule has 1 aliphatic rings. The molecule has 0 aliphatic heterocycles. The molecule has 1 aromatic carbocycles. The van der Waals surface area contributed by atoms with Crippen molar-refractivity contribution in [1.29, 1.82) is 0 Å². The highest BCUT2D eigenvalue weighted by Gasteiger charge is 2.31. The van der Waals surface area contributed by atoms with E-state index in [4.69, 9.17) is 23.2 Å². The van der Waals surface area contributed by atoms with Gasteiger partial charge in [-0.05, 0) is 31.9 Å². The van der Waals surface area contributed by atoms with E-state index in [0.29, 0.717) is 18.3 Å². The molecule has 19 heavy (non-hydrogen) atoms. The predicted octanol–water partition coefficient (Wildman–Crippen LogP) is 3.56. The predicted molar refractivity (Wildman–Crippen MR) is 75.3 cm³/mol. The number of rotatable bonds is 5. The second-order valence-electron chi connectivity index (χ2n) is 4.51. The molecule has 1 fully saturated rings. The molecule has 1 saturated carbocycles. The van der Waals surface area contributed by atoms with Crippen LogP contribution in [0.15, 0.2) is 12.1 Å². The number of benzene rings is 1. The average Bonchev–Trinajstić information content (AvgIpc) is 3.13. The van der Waals surface area contributed by atoms with Gasteiger partial charge in [0.25, 0.3) is 0 Å². The van der Waals surface area contributed by atoms with Gasteiger partial charge in [-0.3, -0.25) is 4.79 Å². The molecule has 0 spiro atoms. The fourth-order valence-corrected chi connectivity index (χ4v) is 2.60. The van der Waals surface area contributed by atoms with E-state index < -0.39 is 5.82 Å². The van der Waals surface area contributed by atoms with Gasteiger partial charge < -0.3 is 10.2 Å². The third kappa shape index (κ3) is 3.51. The van der Waals surface area contributed by atoms with Crippen molar-refractivity contribution in [3.05, 3.63) is 28.0 Å². The first-order valence-electron chi connectivity index (χ1n) is 6.20. The van der Waals surface area contributed by atoms with E-state index in [1.165, 1.54) is 12.1 Å². The van der Waals surface area contributed by atoms with Crippen molar-refractivity contribution >= 4 is 34.8 Å². The van der Waals surface area contributed by atoms with Crippen molar-refractivity contribution in [3.63, 3.8) is 0 Å². The molecule has 0 atom stereocenters. The Bertz CT molecular complexity index is 469. The highest BCUT2D eigenvalue weighted by Crippen LogP contribution is 2.31. The lowest BCUT2D eigenvalue weighted by Crippen LogP contribution is -2.37. The minimum atomic E-state index is -0.500. The minimum absolute atomic E-state index is 0.00135. The molecular weight excluding hydrogens is 290 g/mol. The molecule has 0 unspecified atom stereocenters. The first-order chi connectivity index (χ1) is 9.02. The van der Waals surface area contributed by atoms with Crippen molar-refractivity contribution in [2.45, 2.75) is 25.8 Å². The summed E-state index contributed by atoms with van der Waals surface area (Å²) in [6, 6.07) is 2.70. The number of nitrogens with one attached hydrogen (secondary N) is 1. The molecule has 3 nitrogen and oxygen atoms in total. The minimum Gasteiger partial charge on any atom is -0.374 e. The second kappa shape index (κ2) is 5.97. The van der Waals surface area contributed by atoms with Gasteiger partial charge in [-0.25, -0.2) is 4.39 Å². The van der Waals surface area contributed by atoms with Crippen molar-refractivity contribution in [3.8, 4) is 0 Å². The molecule has 0 radical (unpaired) electrons. The fourth-order valence-electron chi connectivity index (χ4n) is 2.00. The summed E-state index contributed by atoms with van der Waals surface area (Å²) in [6.45, 7) is 2.75. The topological polar surface area (TPSA) is 32.3 Å². The number of nitrogens with zero attached hydrogens (tertiary/aromatic N) is 1. The van der Waals surface area contributed by atoms with Gasteiger partial charge in [0.15, 0.2) is 0 Å². The number of halogens is 3. The maximum Gasteiger partial charge on any atom is 0.242 e. The summed E-state index contributed by atoms with van der Waals surface area (Å²) in [4.78, 5) is 13.9. The highest BCUT2D eigenvalue weighted by molar-refractivity contribution is 6.39. The monoisotopic (exact) mass is 304 g/mol. The van der Waals surface area contributed by atoms with E-state index in [2.05, 4.69) is 5.32 Å². The van der Waals surface area contributed by atoms with E-state index >= 15 is 0 Å². The first-order valence-corrected chi connectivity index (χ1v) is 6.96. The van der Waals surface area contributed by atoms with Crippen LogP contribution in [0.2, 0.25) is 10.0 Å². The van der Waals surface area contributed by atoms with E-state index in [1.807, 2.05) is 11.8 Å². The Balaban J connectivity index is 2.00. The van der Waals surface area contributed by atoms with Gasteiger partial charge in [0, 0.05) is 12.6 Å². The molecule has 0 bridgehead atoms. The van der Waals surface area contributed by atoms with E-state index in [1.54, 1.807) is 0 Å². The Labute approximate surface area is 121 Å². The number of carbonyl (C=O) groups excluding carboxylic acids is 1. The van der Waals surface area contributed by atoms with Gasteiger partial charge in [0.2, 0.25) is 5.91 Å². The largest absolute Gasteiger partial charge is 0.374 e. The summed E-state index contributed by atoms with van der Waals surface area (Å²) in [7, 11) is 0. The number of hydrogen-bond donors (Lipinski definition) is 1. The van der Waals surface area contributed by atoms with Crippen molar-refractivity contribution < 1.29 is 9.18 Å². The molecule has 1 N–H and O–H groups in total. The number of carbonyl (C=O) groups is 1. The van der Waals surface area contributed by atoms with Crippen LogP contribution >= 0.6 is 23.2 Å². The first kappa shape index (κ1) is 14.4. The standard InChI is InChI=1S/C13H15Cl2FN2O/c1-2-18(9-3-4-9)12(19)7-17-13-10(14)5-8(16)6-11(13)15/h5-6,9,17H,2-4,7H2,1H3.